The van der Waals surface area contributed by atoms with E-state index in [2.05, 4.69) is 22.5 Å². The van der Waals surface area contributed by atoms with Crippen molar-refractivity contribution in [2.45, 2.75) is 26.4 Å². The molecule has 6 heteroatoms. The van der Waals surface area contributed by atoms with Crippen LogP contribution in [0.3, 0.4) is 0 Å². The highest BCUT2D eigenvalue weighted by atomic mass is 16.5. The predicted octanol–water partition coefficient (Wildman–Crippen LogP) is 1.00. The maximum absolute atomic E-state index is 11.5. The molecule has 1 aromatic rings. The Morgan fingerprint density at radius 1 is 1.43 bits per heavy atom. The second-order valence-corrected chi connectivity index (χ2v) is 5.82. The van der Waals surface area contributed by atoms with Crippen molar-refractivity contribution in [1.29, 1.82) is 0 Å². The average Bonchev–Trinajstić information content (AvgIpc) is 2.54. The number of hydrogen-bond acceptors (Lipinski definition) is 5. The maximum Gasteiger partial charge on any atom is 0.257 e. The molecule has 2 rings (SSSR count). The quantitative estimate of drug-likeness (QED) is 0.785. The summed E-state index contributed by atoms with van der Waals surface area (Å²) >= 11 is 0. The van der Waals surface area contributed by atoms with E-state index in [0.29, 0.717) is 24.1 Å². The predicted molar refractivity (Wildman–Crippen MR) is 89.9 cm³/mol. The number of amides is 1. The third-order valence-corrected chi connectivity index (χ3v) is 3.82. The van der Waals surface area contributed by atoms with Crippen LogP contribution in [-0.4, -0.2) is 56.7 Å². The van der Waals surface area contributed by atoms with E-state index in [1.165, 1.54) is 5.56 Å². The van der Waals surface area contributed by atoms with Gasteiger partial charge in [0.15, 0.2) is 18.1 Å². The summed E-state index contributed by atoms with van der Waals surface area (Å²) in [7, 11) is 1.62. The van der Waals surface area contributed by atoms with Gasteiger partial charge in [-0.05, 0) is 31.5 Å². The van der Waals surface area contributed by atoms with E-state index in [4.69, 9.17) is 9.47 Å². The topological polar surface area (TPSA) is 62.8 Å². The van der Waals surface area contributed by atoms with Gasteiger partial charge in [0.25, 0.3) is 5.91 Å². The Labute approximate surface area is 138 Å². The molecular formula is C17H27N3O3. The number of benzene rings is 1. The molecule has 1 aromatic carbocycles. The standard InChI is InChI=1S/C17H27N3O3/c1-4-18-17(21)12-23-15-6-5-14(9-16(15)22-3)11-20-8-7-19-13(2)10-20/h5-6,9,13,19H,4,7-8,10-12H2,1-3H3,(H,18,21). The summed E-state index contributed by atoms with van der Waals surface area (Å²) in [5.41, 5.74) is 1.18. The molecule has 1 aliphatic rings. The minimum absolute atomic E-state index is 0.00114. The first kappa shape index (κ1) is 17.6. The van der Waals surface area contributed by atoms with Crippen LogP contribution in [-0.2, 0) is 11.3 Å². The zero-order chi connectivity index (χ0) is 16.7. The Morgan fingerprint density at radius 3 is 2.96 bits per heavy atom. The lowest BCUT2D eigenvalue weighted by atomic mass is 10.1. The van der Waals surface area contributed by atoms with Crippen molar-refractivity contribution >= 4 is 5.91 Å². The number of nitrogens with zero attached hydrogens (tertiary/aromatic N) is 1. The third-order valence-electron chi connectivity index (χ3n) is 3.82. The Morgan fingerprint density at radius 2 is 2.26 bits per heavy atom. The Kier molecular flexibility index (Phi) is 6.67. The molecule has 1 heterocycles. The Balaban J connectivity index is 1.96. The largest absolute Gasteiger partial charge is 0.493 e. The molecule has 2 N–H and O–H groups in total. The van der Waals surface area contributed by atoms with Gasteiger partial charge < -0.3 is 20.1 Å². The minimum atomic E-state index is -0.131. The van der Waals surface area contributed by atoms with Gasteiger partial charge in [0.2, 0.25) is 0 Å². The Hall–Kier alpha value is -1.79. The van der Waals surface area contributed by atoms with Gasteiger partial charge in [-0.2, -0.15) is 0 Å². The monoisotopic (exact) mass is 321 g/mol. The van der Waals surface area contributed by atoms with E-state index in [-0.39, 0.29) is 12.5 Å². The van der Waals surface area contributed by atoms with E-state index >= 15 is 0 Å². The van der Waals surface area contributed by atoms with Gasteiger partial charge in [-0.15, -0.1) is 0 Å². The lowest BCUT2D eigenvalue weighted by Crippen LogP contribution is -2.48. The third kappa shape index (κ3) is 5.41. The number of likely N-dealkylation sites (N-methyl/N-ethyl adjacent to an activating group) is 1. The molecule has 1 saturated heterocycles. The molecule has 128 valence electrons. The Bertz CT molecular complexity index is 522. The van der Waals surface area contributed by atoms with Crippen LogP contribution in [0.25, 0.3) is 0 Å². The van der Waals surface area contributed by atoms with E-state index < -0.39 is 0 Å². The van der Waals surface area contributed by atoms with Gasteiger partial charge >= 0.3 is 0 Å². The van der Waals surface area contributed by atoms with Crippen LogP contribution in [0.15, 0.2) is 18.2 Å². The molecular weight excluding hydrogens is 294 g/mol. The number of methoxy groups -OCH3 is 1. The van der Waals surface area contributed by atoms with Crippen LogP contribution in [0.4, 0.5) is 0 Å². The number of rotatable bonds is 7. The van der Waals surface area contributed by atoms with Crippen molar-refractivity contribution in [2.75, 3.05) is 39.9 Å². The van der Waals surface area contributed by atoms with Gasteiger partial charge in [0, 0.05) is 38.8 Å². The van der Waals surface area contributed by atoms with Crippen molar-refractivity contribution in [3.8, 4) is 11.5 Å². The lowest BCUT2D eigenvalue weighted by molar-refractivity contribution is -0.123. The van der Waals surface area contributed by atoms with E-state index in [9.17, 15) is 4.79 Å². The van der Waals surface area contributed by atoms with Crippen molar-refractivity contribution in [3.05, 3.63) is 23.8 Å². The van der Waals surface area contributed by atoms with Gasteiger partial charge in [-0.3, -0.25) is 9.69 Å². The molecule has 0 radical (unpaired) electrons. The molecule has 0 aromatic heterocycles. The average molecular weight is 321 g/mol. The second kappa shape index (κ2) is 8.74. The molecule has 1 unspecified atom stereocenters. The number of carbonyl (C=O) groups excluding carboxylic acids is 1. The number of nitrogens with one attached hydrogen (secondary N) is 2. The first-order chi connectivity index (χ1) is 11.1. The summed E-state index contributed by atoms with van der Waals surface area (Å²) in [6.45, 7) is 8.67. The summed E-state index contributed by atoms with van der Waals surface area (Å²) in [4.78, 5) is 13.9. The lowest BCUT2D eigenvalue weighted by Gasteiger charge is -2.31. The van der Waals surface area contributed by atoms with Crippen LogP contribution in [0, 0.1) is 0 Å². The molecule has 0 bridgehead atoms. The van der Waals surface area contributed by atoms with Crippen LogP contribution < -0.4 is 20.1 Å². The first-order valence-electron chi connectivity index (χ1n) is 8.14. The van der Waals surface area contributed by atoms with Crippen LogP contribution >= 0.6 is 0 Å². The highest BCUT2D eigenvalue weighted by Crippen LogP contribution is 2.28. The summed E-state index contributed by atoms with van der Waals surface area (Å²) in [5.74, 6) is 1.12. The molecule has 1 atom stereocenters. The second-order valence-electron chi connectivity index (χ2n) is 5.82. The van der Waals surface area contributed by atoms with Crippen molar-refractivity contribution in [3.63, 3.8) is 0 Å². The summed E-state index contributed by atoms with van der Waals surface area (Å²) in [5, 5.41) is 6.15. The zero-order valence-corrected chi connectivity index (χ0v) is 14.2. The molecule has 23 heavy (non-hydrogen) atoms. The van der Waals surface area contributed by atoms with Crippen LogP contribution in [0.5, 0.6) is 11.5 Å². The minimum Gasteiger partial charge on any atom is -0.493 e. The summed E-state index contributed by atoms with van der Waals surface area (Å²) in [6, 6.07) is 6.41. The number of ether oxygens (including phenoxy) is 2. The van der Waals surface area contributed by atoms with Crippen LogP contribution in [0.2, 0.25) is 0 Å². The van der Waals surface area contributed by atoms with Crippen molar-refractivity contribution in [1.82, 2.24) is 15.5 Å². The molecule has 0 saturated carbocycles. The van der Waals surface area contributed by atoms with Gasteiger partial charge in [0.05, 0.1) is 7.11 Å². The van der Waals surface area contributed by atoms with Crippen LogP contribution in [0.1, 0.15) is 19.4 Å². The van der Waals surface area contributed by atoms with Gasteiger partial charge in [-0.25, -0.2) is 0 Å². The molecule has 0 aliphatic carbocycles. The maximum atomic E-state index is 11.5. The number of piperazine rings is 1. The highest BCUT2D eigenvalue weighted by Gasteiger charge is 2.16. The fourth-order valence-corrected chi connectivity index (χ4v) is 2.74. The highest BCUT2D eigenvalue weighted by molar-refractivity contribution is 5.77. The summed E-state index contributed by atoms with van der Waals surface area (Å²) in [6.07, 6.45) is 0. The van der Waals surface area contributed by atoms with Crippen molar-refractivity contribution < 1.29 is 14.3 Å². The van der Waals surface area contributed by atoms with E-state index in [1.807, 2.05) is 25.1 Å². The zero-order valence-electron chi connectivity index (χ0n) is 14.2. The fourth-order valence-electron chi connectivity index (χ4n) is 2.74. The SMILES string of the molecule is CCNC(=O)COc1ccc(CN2CCNC(C)C2)cc1OC. The van der Waals surface area contributed by atoms with E-state index in [1.54, 1.807) is 7.11 Å². The normalized spacial score (nSPS) is 18.5. The molecule has 6 nitrogen and oxygen atoms in total. The van der Waals surface area contributed by atoms with E-state index in [0.717, 1.165) is 26.2 Å². The van der Waals surface area contributed by atoms with Crippen molar-refractivity contribution in [2.24, 2.45) is 0 Å². The smallest absolute Gasteiger partial charge is 0.257 e. The number of hydrogen-bond donors (Lipinski definition) is 2. The molecule has 1 fully saturated rings. The molecule has 0 spiro atoms. The molecule has 1 amide bonds. The molecule has 1 aliphatic heterocycles. The summed E-state index contributed by atoms with van der Waals surface area (Å²) < 4.78 is 10.9. The van der Waals surface area contributed by atoms with Gasteiger partial charge in [0.1, 0.15) is 0 Å². The number of carbonyl (C=O) groups is 1. The fraction of sp³-hybridized carbons (Fsp3) is 0.588. The first-order valence-corrected chi connectivity index (χ1v) is 8.14. The van der Waals surface area contributed by atoms with Gasteiger partial charge in [-0.1, -0.05) is 6.07 Å².